The summed E-state index contributed by atoms with van der Waals surface area (Å²) < 4.78 is 23.2. The fraction of sp³-hybridized carbons (Fsp3) is 0.688. The first-order chi connectivity index (χ1) is 11.8. The third kappa shape index (κ3) is 4.46. The van der Waals surface area contributed by atoms with E-state index < -0.39 is 9.84 Å². The lowest BCUT2D eigenvalue weighted by Crippen LogP contribution is -2.45. The van der Waals surface area contributed by atoms with Gasteiger partial charge in [-0.15, -0.1) is 0 Å². The quantitative estimate of drug-likeness (QED) is 0.790. The lowest BCUT2D eigenvalue weighted by molar-refractivity contribution is -0.133. The van der Waals surface area contributed by atoms with Gasteiger partial charge in [0.2, 0.25) is 11.9 Å². The van der Waals surface area contributed by atoms with Crippen molar-refractivity contribution in [1.29, 1.82) is 0 Å². The van der Waals surface area contributed by atoms with Crippen LogP contribution in [-0.4, -0.2) is 78.3 Å². The van der Waals surface area contributed by atoms with Crippen molar-refractivity contribution >= 4 is 21.7 Å². The summed E-state index contributed by atoms with van der Waals surface area (Å²) in [6, 6.07) is 1.84. The van der Waals surface area contributed by atoms with E-state index in [1.807, 2.05) is 22.9 Å². The molecule has 25 heavy (non-hydrogen) atoms. The average Bonchev–Trinajstić information content (AvgIpc) is 2.95. The number of anilines is 1. The van der Waals surface area contributed by atoms with Crippen molar-refractivity contribution in [1.82, 2.24) is 19.8 Å². The molecule has 2 saturated heterocycles. The van der Waals surface area contributed by atoms with Gasteiger partial charge in [0.15, 0.2) is 9.84 Å². The van der Waals surface area contributed by atoms with Crippen LogP contribution in [0.2, 0.25) is 0 Å². The number of aromatic nitrogens is 2. The number of likely N-dealkylation sites (N-methyl/N-ethyl adjacent to an activating group) is 1. The van der Waals surface area contributed by atoms with E-state index in [2.05, 4.69) is 9.97 Å². The van der Waals surface area contributed by atoms with Gasteiger partial charge in [-0.05, 0) is 32.4 Å². The number of carbonyl (C=O) groups excluding carboxylic acids is 1. The van der Waals surface area contributed by atoms with Crippen LogP contribution in [0.4, 0.5) is 5.95 Å². The van der Waals surface area contributed by atoms with Crippen LogP contribution in [0, 0.1) is 0 Å². The molecule has 2 aliphatic rings. The Morgan fingerprint density at radius 3 is 2.68 bits per heavy atom. The number of rotatable bonds is 4. The minimum Gasteiger partial charge on any atom is -0.368 e. The Kier molecular flexibility index (Phi) is 5.24. The Labute approximate surface area is 148 Å². The number of nitrogens with zero attached hydrogens (tertiary/aromatic N) is 4. The molecule has 1 amide bonds. The van der Waals surface area contributed by atoms with Crippen LogP contribution in [0.25, 0.3) is 0 Å². The highest BCUT2D eigenvalue weighted by Gasteiger charge is 2.32. The molecule has 0 spiro atoms. The predicted molar refractivity (Wildman–Crippen MR) is 94.7 cm³/mol. The van der Waals surface area contributed by atoms with E-state index in [-0.39, 0.29) is 35.9 Å². The predicted octanol–water partition coefficient (Wildman–Crippen LogP) is -0.116. The summed E-state index contributed by atoms with van der Waals surface area (Å²) in [5, 5.41) is 0. The fourth-order valence-corrected chi connectivity index (χ4v) is 5.41. The molecule has 9 heteroatoms. The number of carbonyl (C=O) groups is 1. The van der Waals surface area contributed by atoms with Gasteiger partial charge in [0.25, 0.3) is 0 Å². The maximum Gasteiger partial charge on any atom is 0.236 e. The smallest absolute Gasteiger partial charge is 0.236 e. The van der Waals surface area contributed by atoms with Crippen molar-refractivity contribution in [3.8, 4) is 0 Å². The topological polar surface area (TPSA) is 109 Å². The first-order valence-electron chi connectivity index (χ1n) is 8.61. The third-order valence-electron chi connectivity index (χ3n) is 5.18. The second kappa shape index (κ2) is 7.25. The number of nitrogens with two attached hydrogens (primary N) is 1. The molecule has 0 radical (unpaired) electrons. The maximum atomic E-state index is 12.5. The van der Waals surface area contributed by atoms with E-state index in [9.17, 15) is 13.2 Å². The summed E-state index contributed by atoms with van der Waals surface area (Å²) in [4.78, 5) is 24.4. The second-order valence-corrected chi connectivity index (χ2v) is 9.20. The van der Waals surface area contributed by atoms with Gasteiger partial charge in [0.05, 0.1) is 18.1 Å². The standard InChI is InChI=1S/C16H25N5O3S/c1-20(13-5-9-25(23,24)11-13)10-15(22)21-7-3-12(4-8-21)14-2-6-18-16(17)19-14/h2,6,12-13H,3-5,7-11H2,1H3,(H2,17,18,19)/t13-/m1/s1. The molecule has 1 aromatic heterocycles. The van der Waals surface area contributed by atoms with Gasteiger partial charge in [-0.1, -0.05) is 0 Å². The summed E-state index contributed by atoms with van der Waals surface area (Å²) in [7, 11) is -1.10. The highest BCUT2D eigenvalue weighted by Crippen LogP contribution is 2.27. The van der Waals surface area contributed by atoms with E-state index >= 15 is 0 Å². The molecule has 8 nitrogen and oxygen atoms in total. The number of amides is 1. The van der Waals surface area contributed by atoms with Crippen LogP contribution in [0.3, 0.4) is 0 Å². The summed E-state index contributed by atoms with van der Waals surface area (Å²) >= 11 is 0. The Bertz CT molecular complexity index is 731. The van der Waals surface area contributed by atoms with Crippen LogP contribution in [0.1, 0.15) is 30.9 Å². The zero-order valence-electron chi connectivity index (χ0n) is 14.5. The fourth-order valence-electron chi connectivity index (χ4n) is 3.61. The summed E-state index contributed by atoms with van der Waals surface area (Å²) in [6.07, 6.45) is 3.98. The molecule has 0 bridgehead atoms. The van der Waals surface area contributed by atoms with Gasteiger partial charge < -0.3 is 10.6 Å². The average molecular weight is 367 g/mol. The van der Waals surface area contributed by atoms with Crippen LogP contribution < -0.4 is 5.73 Å². The Morgan fingerprint density at radius 1 is 1.36 bits per heavy atom. The Hall–Kier alpha value is -1.74. The van der Waals surface area contributed by atoms with Gasteiger partial charge in [-0.2, -0.15) is 0 Å². The first-order valence-corrected chi connectivity index (χ1v) is 10.4. The number of hydrogen-bond acceptors (Lipinski definition) is 7. The Balaban J connectivity index is 1.50. The monoisotopic (exact) mass is 367 g/mol. The van der Waals surface area contributed by atoms with Crippen molar-refractivity contribution in [2.75, 3.05) is 43.9 Å². The van der Waals surface area contributed by atoms with Crippen LogP contribution in [-0.2, 0) is 14.6 Å². The second-order valence-electron chi connectivity index (χ2n) is 6.97. The largest absolute Gasteiger partial charge is 0.368 e. The highest BCUT2D eigenvalue weighted by molar-refractivity contribution is 7.91. The molecule has 1 aromatic rings. The zero-order valence-corrected chi connectivity index (χ0v) is 15.3. The molecule has 0 saturated carbocycles. The van der Waals surface area contributed by atoms with Gasteiger partial charge in [0, 0.05) is 36.9 Å². The van der Waals surface area contributed by atoms with Crippen LogP contribution in [0.5, 0.6) is 0 Å². The highest BCUT2D eigenvalue weighted by atomic mass is 32.2. The van der Waals surface area contributed by atoms with Gasteiger partial charge >= 0.3 is 0 Å². The minimum atomic E-state index is -2.93. The van der Waals surface area contributed by atoms with E-state index in [1.54, 1.807) is 6.20 Å². The molecule has 2 fully saturated rings. The van der Waals surface area contributed by atoms with E-state index in [0.29, 0.717) is 25.4 Å². The van der Waals surface area contributed by atoms with Crippen molar-refractivity contribution < 1.29 is 13.2 Å². The number of sulfone groups is 1. The van der Waals surface area contributed by atoms with Crippen molar-refractivity contribution in [2.24, 2.45) is 0 Å². The lowest BCUT2D eigenvalue weighted by atomic mass is 9.93. The van der Waals surface area contributed by atoms with E-state index in [1.165, 1.54) is 0 Å². The third-order valence-corrected chi connectivity index (χ3v) is 6.93. The Morgan fingerprint density at radius 2 is 2.08 bits per heavy atom. The minimum absolute atomic E-state index is 0.0458. The number of nitrogen functional groups attached to an aromatic ring is 1. The van der Waals surface area contributed by atoms with Gasteiger partial charge in [-0.25, -0.2) is 18.4 Å². The number of hydrogen-bond donors (Lipinski definition) is 1. The molecule has 0 unspecified atom stereocenters. The molecule has 0 aromatic carbocycles. The van der Waals surface area contributed by atoms with Gasteiger partial charge in [0.1, 0.15) is 0 Å². The zero-order chi connectivity index (χ0) is 18.0. The summed E-state index contributed by atoms with van der Waals surface area (Å²) in [6.45, 7) is 1.64. The summed E-state index contributed by atoms with van der Waals surface area (Å²) in [5.41, 5.74) is 6.58. The molecule has 3 heterocycles. The molecule has 2 N–H and O–H groups in total. The van der Waals surface area contributed by atoms with Gasteiger partial charge in [-0.3, -0.25) is 9.69 Å². The van der Waals surface area contributed by atoms with Crippen LogP contribution in [0.15, 0.2) is 12.3 Å². The van der Waals surface area contributed by atoms with E-state index in [4.69, 9.17) is 5.73 Å². The summed E-state index contributed by atoms with van der Waals surface area (Å²) in [5.74, 6) is 1.03. The van der Waals surface area contributed by atoms with E-state index in [0.717, 1.165) is 18.5 Å². The molecular formula is C16H25N5O3S. The van der Waals surface area contributed by atoms with Crippen LogP contribution >= 0.6 is 0 Å². The molecule has 3 rings (SSSR count). The van der Waals surface area contributed by atoms with Crippen molar-refractivity contribution in [3.05, 3.63) is 18.0 Å². The molecule has 1 atom stereocenters. The molecule has 138 valence electrons. The maximum absolute atomic E-state index is 12.5. The lowest BCUT2D eigenvalue weighted by Gasteiger charge is -2.33. The number of likely N-dealkylation sites (tertiary alicyclic amines) is 1. The number of piperidine rings is 1. The molecule has 2 aliphatic heterocycles. The molecule has 0 aliphatic carbocycles. The molecular weight excluding hydrogens is 342 g/mol. The van der Waals surface area contributed by atoms with Crippen molar-refractivity contribution in [2.45, 2.75) is 31.2 Å². The first kappa shape index (κ1) is 18.1. The SMILES string of the molecule is CN(CC(=O)N1CCC(c2ccnc(N)n2)CC1)[C@@H]1CCS(=O)(=O)C1. The van der Waals surface area contributed by atoms with Crippen molar-refractivity contribution in [3.63, 3.8) is 0 Å². The normalized spacial score (nSPS) is 23.9.